The van der Waals surface area contributed by atoms with Crippen LogP contribution in [0.5, 0.6) is 0 Å². The van der Waals surface area contributed by atoms with Crippen LogP contribution >= 0.6 is 0 Å². The van der Waals surface area contributed by atoms with Crippen LogP contribution in [0.15, 0.2) is 0 Å². The lowest BCUT2D eigenvalue weighted by Crippen LogP contribution is -2.34. The fourth-order valence-corrected chi connectivity index (χ4v) is 0.846. The van der Waals surface area contributed by atoms with Crippen LogP contribution in [0.3, 0.4) is 0 Å². The zero-order chi connectivity index (χ0) is 6.85. The smallest absolute Gasteiger partial charge is 0.315 e. The largest absolute Gasteiger partial charge is 0.394 e. The summed E-state index contributed by atoms with van der Waals surface area (Å²) in [6.07, 6.45) is 0. The average molecular weight is 130 g/mol. The van der Waals surface area contributed by atoms with Gasteiger partial charge in [-0.2, -0.15) is 0 Å². The third-order valence-electron chi connectivity index (χ3n) is 1.48. The van der Waals surface area contributed by atoms with E-state index in [1.54, 1.807) is 0 Å². The van der Waals surface area contributed by atoms with Crippen LogP contribution in [0.1, 0.15) is 6.92 Å². The van der Waals surface area contributed by atoms with Gasteiger partial charge in [0.15, 0.2) is 0 Å². The number of aliphatic hydroxyl groups is 1. The molecule has 4 heteroatoms. The molecule has 1 fully saturated rings. The first-order valence-corrected chi connectivity index (χ1v) is 2.92. The normalized spacial score (nSPS) is 33.8. The molecule has 0 aliphatic carbocycles. The Balaban J connectivity index is 2.47. The Morgan fingerprint density at radius 2 is 2.33 bits per heavy atom. The Morgan fingerprint density at radius 1 is 1.67 bits per heavy atom. The molecule has 0 saturated carbocycles. The number of hydrogen-bond acceptors (Lipinski definition) is 2. The maximum absolute atomic E-state index is 10.5. The maximum atomic E-state index is 10.5. The topological polar surface area (TPSA) is 61.4 Å². The zero-order valence-corrected chi connectivity index (χ0v) is 5.22. The highest BCUT2D eigenvalue weighted by Gasteiger charge is 2.26. The van der Waals surface area contributed by atoms with Gasteiger partial charge in [-0.1, -0.05) is 0 Å². The Kier molecular flexibility index (Phi) is 1.57. The van der Waals surface area contributed by atoms with E-state index in [0.717, 1.165) is 0 Å². The summed E-state index contributed by atoms with van der Waals surface area (Å²) >= 11 is 0. The van der Waals surface area contributed by atoms with Gasteiger partial charge in [-0.3, -0.25) is 0 Å². The Morgan fingerprint density at radius 3 is 2.56 bits per heavy atom. The van der Waals surface area contributed by atoms with Gasteiger partial charge in [0.2, 0.25) is 0 Å². The summed E-state index contributed by atoms with van der Waals surface area (Å²) in [6.45, 7) is 1.85. The lowest BCUT2D eigenvalue weighted by molar-refractivity contribution is 0.236. The van der Waals surface area contributed by atoms with E-state index in [0.29, 0.717) is 0 Å². The van der Waals surface area contributed by atoms with Crippen molar-refractivity contribution < 1.29 is 9.90 Å². The van der Waals surface area contributed by atoms with Crippen molar-refractivity contribution in [3.05, 3.63) is 0 Å². The van der Waals surface area contributed by atoms with Gasteiger partial charge < -0.3 is 15.7 Å². The van der Waals surface area contributed by atoms with Crippen LogP contribution in [-0.2, 0) is 0 Å². The predicted octanol–water partition coefficient (Wildman–Crippen LogP) is -0.951. The fourth-order valence-electron chi connectivity index (χ4n) is 0.846. The second-order valence-corrected chi connectivity index (χ2v) is 2.20. The van der Waals surface area contributed by atoms with E-state index < -0.39 is 0 Å². The molecule has 3 N–H and O–H groups in total. The van der Waals surface area contributed by atoms with E-state index in [-0.39, 0.29) is 24.7 Å². The highest BCUT2D eigenvalue weighted by atomic mass is 16.3. The van der Waals surface area contributed by atoms with Gasteiger partial charge in [-0.05, 0) is 6.92 Å². The van der Waals surface area contributed by atoms with Gasteiger partial charge in [0, 0.05) is 0 Å². The summed E-state index contributed by atoms with van der Waals surface area (Å²) in [6, 6.07) is -0.262. The summed E-state index contributed by atoms with van der Waals surface area (Å²) in [4.78, 5) is 10.5. The average Bonchev–Trinajstić information content (AvgIpc) is 2.10. The summed E-state index contributed by atoms with van der Waals surface area (Å²) in [7, 11) is 0. The van der Waals surface area contributed by atoms with Crippen LogP contribution in [0, 0.1) is 0 Å². The van der Waals surface area contributed by atoms with Gasteiger partial charge in [0.05, 0.1) is 18.7 Å². The number of rotatable bonds is 1. The van der Waals surface area contributed by atoms with Gasteiger partial charge in [-0.15, -0.1) is 0 Å². The summed E-state index contributed by atoms with van der Waals surface area (Å²) in [5, 5.41) is 13.8. The van der Waals surface area contributed by atoms with Crippen molar-refractivity contribution >= 4 is 6.03 Å². The number of carbonyl (C=O) groups is 1. The lowest BCUT2D eigenvalue weighted by atomic mass is 10.2. The van der Waals surface area contributed by atoms with Crippen molar-refractivity contribution in [2.45, 2.75) is 19.0 Å². The van der Waals surface area contributed by atoms with E-state index in [9.17, 15) is 4.79 Å². The van der Waals surface area contributed by atoms with E-state index in [1.165, 1.54) is 0 Å². The number of nitrogens with one attached hydrogen (secondary N) is 2. The Labute approximate surface area is 53.2 Å². The van der Waals surface area contributed by atoms with E-state index in [4.69, 9.17) is 5.11 Å². The molecule has 2 amide bonds. The van der Waals surface area contributed by atoms with E-state index in [1.807, 2.05) is 6.92 Å². The number of hydrogen-bond donors (Lipinski definition) is 3. The van der Waals surface area contributed by atoms with Gasteiger partial charge in [-0.25, -0.2) is 4.79 Å². The van der Waals surface area contributed by atoms with Gasteiger partial charge in [0.1, 0.15) is 0 Å². The molecular formula is C5H10N2O2. The molecule has 9 heavy (non-hydrogen) atoms. The molecule has 52 valence electrons. The Hall–Kier alpha value is -0.770. The lowest BCUT2D eigenvalue weighted by Gasteiger charge is -2.08. The first kappa shape index (κ1) is 6.35. The van der Waals surface area contributed by atoms with Crippen molar-refractivity contribution in [1.29, 1.82) is 0 Å². The Bertz CT molecular complexity index is 126. The van der Waals surface area contributed by atoms with Crippen LogP contribution < -0.4 is 10.6 Å². The quantitative estimate of drug-likeness (QED) is 0.428. The first-order valence-electron chi connectivity index (χ1n) is 2.92. The SMILES string of the molecule is CC1NC(=O)NC1CO. The molecule has 0 radical (unpaired) electrons. The van der Waals surface area contributed by atoms with Crippen molar-refractivity contribution in [3.8, 4) is 0 Å². The molecule has 0 aromatic carbocycles. The standard InChI is InChI=1S/C5H10N2O2/c1-3-4(2-8)7-5(9)6-3/h3-4,8H,2H2,1H3,(H2,6,7,9). The highest BCUT2D eigenvalue weighted by molar-refractivity contribution is 5.77. The number of amides is 2. The molecular weight excluding hydrogens is 120 g/mol. The van der Waals surface area contributed by atoms with Crippen molar-refractivity contribution in [2.24, 2.45) is 0 Å². The zero-order valence-electron chi connectivity index (χ0n) is 5.22. The van der Waals surface area contributed by atoms with Crippen LogP contribution in [0.4, 0.5) is 4.79 Å². The molecule has 0 bridgehead atoms. The minimum absolute atomic E-state index is 0.0000926. The minimum atomic E-state index is -0.193. The number of aliphatic hydroxyl groups excluding tert-OH is 1. The van der Waals surface area contributed by atoms with E-state index >= 15 is 0 Å². The molecule has 1 rings (SSSR count). The van der Waals surface area contributed by atoms with Crippen molar-refractivity contribution in [3.63, 3.8) is 0 Å². The molecule has 4 nitrogen and oxygen atoms in total. The third kappa shape index (κ3) is 1.13. The van der Waals surface area contributed by atoms with Crippen LogP contribution in [0.25, 0.3) is 0 Å². The first-order chi connectivity index (χ1) is 4.24. The van der Waals surface area contributed by atoms with Gasteiger partial charge >= 0.3 is 6.03 Å². The summed E-state index contributed by atoms with van der Waals surface area (Å²) in [5.41, 5.74) is 0. The molecule has 0 aromatic heterocycles. The van der Waals surface area contributed by atoms with E-state index in [2.05, 4.69) is 10.6 Å². The second kappa shape index (κ2) is 2.23. The monoisotopic (exact) mass is 130 g/mol. The van der Waals surface area contributed by atoms with Crippen molar-refractivity contribution in [2.75, 3.05) is 6.61 Å². The summed E-state index contributed by atoms with van der Waals surface area (Å²) < 4.78 is 0. The molecule has 1 aliphatic rings. The molecule has 0 spiro atoms. The molecule has 2 unspecified atom stereocenters. The molecule has 1 heterocycles. The molecule has 2 atom stereocenters. The van der Waals surface area contributed by atoms with Crippen LogP contribution in [-0.4, -0.2) is 29.8 Å². The molecule has 0 aromatic rings. The number of urea groups is 1. The predicted molar refractivity (Wildman–Crippen MR) is 32.0 cm³/mol. The molecule has 1 saturated heterocycles. The maximum Gasteiger partial charge on any atom is 0.315 e. The summed E-state index contributed by atoms with van der Waals surface area (Å²) in [5.74, 6) is 0. The van der Waals surface area contributed by atoms with Gasteiger partial charge in [0.25, 0.3) is 0 Å². The fraction of sp³-hybridized carbons (Fsp3) is 0.800. The number of carbonyl (C=O) groups excluding carboxylic acids is 1. The van der Waals surface area contributed by atoms with Crippen molar-refractivity contribution in [1.82, 2.24) is 10.6 Å². The second-order valence-electron chi connectivity index (χ2n) is 2.20. The minimum Gasteiger partial charge on any atom is -0.394 e. The van der Waals surface area contributed by atoms with Crippen LogP contribution in [0.2, 0.25) is 0 Å². The third-order valence-corrected chi connectivity index (χ3v) is 1.48. The highest BCUT2D eigenvalue weighted by Crippen LogP contribution is 1.97. The molecule has 1 aliphatic heterocycles.